The Balaban J connectivity index is 1.51. The smallest absolute Gasteiger partial charge is 0.223 e. The average Bonchev–Trinajstić information content (AvgIpc) is 2.95. The average molecular weight is 365 g/mol. The van der Waals surface area contributed by atoms with Gasteiger partial charge in [-0.3, -0.25) is 4.79 Å². The number of nitrogens with one attached hydrogen (secondary N) is 1. The summed E-state index contributed by atoms with van der Waals surface area (Å²) in [4.78, 5) is 12.0. The van der Waals surface area contributed by atoms with Crippen molar-refractivity contribution in [1.29, 1.82) is 0 Å². The molecule has 4 nitrogen and oxygen atoms in total. The number of ether oxygens (including phenoxy) is 2. The van der Waals surface area contributed by atoms with E-state index in [1.807, 2.05) is 12.1 Å². The predicted molar refractivity (Wildman–Crippen MR) is 106 cm³/mol. The van der Waals surface area contributed by atoms with Crippen LogP contribution >= 0.6 is 0 Å². The van der Waals surface area contributed by atoms with E-state index in [-0.39, 0.29) is 11.8 Å². The van der Waals surface area contributed by atoms with Crippen molar-refractivity contribution in [3.8, 4) is 22.6 Å². The highest BCUT2D eigenvalue weighted by Crippen LogP contribution is 2.48. The normalized spacial score (nSPS) is 15.6. The highest BCUT2D eigenvalue weighted by Gasteiger charge is 2.29. The minimum absolute atomic E-state index is 0.233. The van der Waals surface area contributed by atoms with Crippen molar-refractivity contribution in [3.05, 3.63) is 47.5 Å². The summed E-state index contributed by atoms with van der Waals surface area (Å²) in [6, 6.07) is 12.6. The van der Waals surface area contributed by atoms with Crippen LogP contribution in [-0.2, 0) is 4.79 Å². The Morgan fingerprint density at radius 3 is 2.07 bits per heavy atom. The Morgan fingerprint density at radius 2 is 1.59 bits per heavy atom. The number of amides is 1. The maximum Gasteiger partial charge on any atom is 0.223 e. The number of rotatable bonds is 7. The first-order valence-electron chi connectivity index (χ1n) is 9.85. The highest BCUT2D eigenvalue weighted by molar-refractivity contribution is 5.80. The second kappa shape index (κ2) is 7.63. The van der Waals surface area contributed by atoms with Gasteiger partial charge in [0, 0.05) is 18.4 Å². The van der Waals surface area contributed by atoms with Crippen molar-refractivity contribution >= 4 is 5.91 Å². The van der Waals surface area contributed by atoms with E-state index in [1.54, 1.807) is 14.2 Å². The summed E-state index contributed by atoms with van der Waals surface area (Å²) in [6.07, 6.45) is 5.24. The largest absolute Gasteiger partial charge is 0.497 e. The topological polar surface area (TPSA) is 47.6 Å². The molecule has 0 radical (unpaired) electrons. The van der Waals surface area contributed by atoms with Crippen LogP contribution in [0.3, 0.4) is 0 Å². The molecule has 0 spiro atoms. The number of hydrogen-bond acceptors (Lipinski definition) is 3. The molecule has 0 saturated heterocycles. The van der Waals surface area contributed by atoms with E-state index in [0.717, 1.165) is 43.7 Å². The SMILES string of the molecule is COc1ccc2c(c1)C(CCCNC(=O)C1CCC1)c1cc(OC)ccc1-2. The monoisotopic (exact) mass is 365 g/mol. The van der Waals surface area contributed by atoms with Gasteiger partial charge < -0.3 is 14.8 Å². The lowest BCUT2D eigenvalue weighted by molar-refractivity contribution is -0.127. The van der Waals surface area contributed by atoms with Crippen molar-refractivity contribution in [2.45, 2.75) is 38.0 Å². The molecule has 0 unspecified atom stereocenters. The second-order valence-electron chi connectivity index (χ2n) is 7.52. The Morgan fingerprint density at radius 1 is 1.00 bits per heavy atom. The zero-order valence-electron chi connectivity index (χ0n) is 16.1. The number of benzene rings is 2. The van der Waals surface area contributed by atoms with E-state index in [4.69, 9.17) is 9.47 Å². The molecule has 2 aliphatic carbocycles. The Kier molecular flexibility index (Phi) is 5.06. The molecule has 1 saturated carbocycles. The van der Waals surface area contributed by atoms with Crippen LogP contribution in [0.25, 0.3) is 11.1 Å². The molecule has 0 aliphatic heterocycles. The van der Waals surface area contributed by atoms with Gasteiger partial charge in [0.1, 0.15) is 11.5 Å². The first-order chi connectivity index (χ1) is 13.2. The van der Waals surface area contributed by atoms with Gasteiger partial charge in [-0.2, -0.15) is 0 Å². The van der Waals surface area contributed by atoms with E-state index in [9.17, 15) is 4.79 Å². The van der Waals surface area contributed by atoms with Crippen LogP contribution in [-0.4, -0.2) is 26.7 Å². The zero-order valence-corrected chi connectivity index (χ0v) is 16.1. The van der Waals surface area contributed by atoms with Crippen molar-refractivity contribution in [2.75, 3.05) is 20.8 Å². The van der Waals surface area contributed by atoms with Crippen molar-refractivity contribution in [1.82, 2.24) is 5.32 Å². The predicted octanol–water partition coefficient (Wildman–Crippen LogP) is 4.51. The van der Waals surface area contributed by atoms with Crippen LogP contribution in [0.15, 0.2) is 36.4 Å². The van der Waals surface area contributed by atoms with Crippen LogP contribution < -0.4 is 14.8 Å². The van der Waals surface area contributed by atoms with Gasteiger partial charge in [0.25, 0.3) is 0 Å². The van der Waals surface area contributed by atoms with Crippen molar-refractivity contribution in [3.63, 3.8) is 0 Å². The van der Waals surface area contributed by atoms with E-state index in [2.05, 4.69) is 29.6 Å². The molecular formula is C23H27NO3. The number of hydrogen-bond donors (Lipinski definition) is 1. The third-order valence-corrected chi connectivity index (χ3v) is 6.00. The molecule has 142 valence electrons. The zero-order chi connectivity index (χ0) is 18.8. The van der Waals surface area contributed by atoms with Gasteiger partial charge in [-0.05, 0) is 72.2 Å². The fourth-order valence-corrected chi connectivity index (χ4v) is 4.21. The van der Waals surface area contributed by atoms with Crippen LogP contribution in [0.4, 0.5) is 0 Å². The molecule has 1 N–H and O–H groups in total. The lowest BCUT2D eigenvalue weighted by atomic mass is 9.85. The molecule has 2 aromatic rings. The maximum absolute atomic E-state index is 12.0. The molecule has 4 heteroatoms. The quantitative estimate of drug-likeness (QED) is 0.734. The van der Waals surface area contributed by atoms with Crippen LogP contribution in [0.5, 0.6) is 11.5 Å². The summed E-state index contributed by atoms with van der Waals surface area (Å²) in [7, 11) is 3.41. The summed E-state index contributed by atoms with van der Waals surface area (Å²) in [5, 5.41) is 3.11. The third-order valence-electron chi connectivity index (χ3n) is 6.00. The fraction of sp³-hybridized carbons (Fsp3) is 0.435. The van der Waals surface area contributed by atoms with Crippen LogP contribution in [0.1, 0.15) is 49.1 Å². The van der Waals surface area contributed by atoms with Gasteiger partial charge in [-0.15, -0.1) is 0 Å². The summed E-state index contributed by atoms with van der Waals surface area (Å²) in [5.41, 5.74) is 5.17. The Labute approximate surface area is 160 Å². The van der Waals surface area contributed by atoms with Gasteiger partial charge in [-0.25, -0.2) is 0 Å². The van der Waals surface area contributed by atoms with E-state index < -0.39 is 0 Å². The highest BCUT2D eigenvalue weighted by atomic mass is 16.5. The lowest BCUT2D eigenvalue weighted by Crippen LogP contribution is -2.35. The number of carbonyl (C=O) groups excluding carboxylic acids is 1. The molecule has 2 aromatic carbocycles. The summed E-state index contributed by atoms with van der Waals surface area (Å²) in [6.45, 7) is 0.741. The fourth-order valence-electron chi connectivity index (χ4n) is 4.21. The molecule has 0 bridgehead atoms. The Bertz CT molecular complexity index is 788. The van der Waals surface area contributed by atoms with E-state index in [0.29, 0.717) is 5.92 Å². The molecule has 0 heterocycles. The number of fused-ring (bicyclic) bond motifs is 3. The van der Waals surface area contributed by atoms with E-state index >= 15 is 0 Å². The minimum atomic E-state index is 0.233. The molecule has 0 aromatic heterocycles. The summed E-state index contributed by atoms with van der Waals surface area (Å²) < 4.78 is 10.9. The molecule has 4 rings (SSSR count). The Hall–Kier alpha value is -2.49. The van der Waals surface area contributed by atoms with Crippen molar-refractivity contribution in [2.24, 2.45) is 5.92 Å². The first-order valence-corrected chi connectivity index (χ1v) is 9.85. The van der Waals surface area contributed by atoms with Gasteiger partial charge in [-0.1, -0.05) is 18.6 Å². The van der Waals surface area contributed by atoms with Crippen LogP contribution in [0.2, 0.25) is 0 Å². The van der Waals surface area contributed by atoms with Crippen molar-refractivity contribution < 1.29 is 14.3 Å². The standard InChI is InChI=1S/C23H27NO3/c1-26-16-8-10-19-20-11-9-17(27-2)14-22(20)18(21(19)13-16)7-4-12-24-23(25)15-5-3-6-15/h8-11,13-15,18H,3-7,12H2,1-2H3,(H,24,25). The molecule has 27 heavy (non-hydrogen) atoms. The molecule has 2 aliphatic rings. The van der Waals surface area contributed by atoms with E-state index in [1.165, 1.54) is 28.7 Å². The first kappa shape index (κ1) is 17.9. The minimum Gasteiger partial charge on any atom is -0.497 e. The van der Waals surface area contributed by atoms with Gasteiger partial charge in [0.05, 0.1) is 14.2 Å². The maximum atomic E-state index is 12.0. The third kappa shape index (κ3) is 3.41. The van der Waals surface area contributed by atoms with Gasteiger partial charge in [0.2, 0.25) is 5.91 Å². The molecular weight excluding hydrogens is 338 g/mol. The number of carbonyl (C=O) groups is 1. The van der Waals surface area contributed by atoms with Crippen LogP contribution in [0, 0.1) is 5.92 Å². The molecule has 0 atom stereocenters. The summed E-state index contributed by atoms with van der Waals surface area (Å²) >= 11 is 0. The lowest BCUT2D eigenvalue weighted by Gasteiger charge is -2.24. The second-order valence-corrected chi connectivity index (χ2v) is 7.52. The summed E-state index contributed by atoms with van der Waals surface area (Å²) in [5.74, 6) is 2.57. The van der Waals surface area contributed by atoms with Gasteiger partial charge >= 0.3 is 0 Å². The molecule has 1 amide bonds. The molecule has 1 fully saturated rings. The number of methoxy groups -OCH3 is 2. The van der Waals surface area contributed by atoms with Gasteiger partial charge in [0.15, 0.2) is 0 Å².